The zero-order chi connectivity index (χ0) is 17.4. The highest BCUT2D eigenvalue weighted by atomic mass is 19.1. The number of nitrogens with one attached hydrogen (secondary N) is 1. The van der Waals surface area contributed by atoms with E-state index in [-0.39, 0.29) is 5.69 Å². The number of hydrogen-bond acceptors (Lipinski definition) is 4. The predicted octanol–water partition coefficient (Wildman–Crippen LogP) is 2.22. The van der Waals surface area contributed by atoms with Gasteiger partial charge in [-0.05, 0) is 35.4 Å². The van der Waals surface area contributed by atoms with Crippen molar-refractivity contribution in [1.82, 2.24) is 20.1 Å². The fourth-order valence-electron chi connectivity index (χ4n) is 2.72. The highest BCUT2D eigenvalue weighted by molar-refractivity contribution is 6.33. The minimum Gasteiger partial charge on any atom is -0.288 e. The molecule has 6 nitrogen and oxygen atoms in total. The highest BCUT2D eigenvalue weighted by Gasteiger charge is 2.26. The fourth-order valence-corrected chi connectivity index (χ4v) is 2.72. The van der Waals surface area contributed by atoms with Crippen LogP contribution in [0.4, 0.5) is 4.39 Å². The summed E-state index contributed by atoms with van der Waals surface area (Å²) in [4.78, 5) is 27.9. The molecule has 122 valence electrons. The predicted molar refractivity (Wildman–Crippen MR) is 88.1 cm³/mol. The highest BCUT2D eigenvalue weighted by Crippen LogP contribution is 2.26. The standard InChI is InChI=1S/C18H11FN4O2/c19-15-8-11(5-6-16(15)23-10-20-9-21-23)7-14-12-3-1-2-4-13(12)17(24)22-18(14)25/h1-10H,(H,22,24,25). The molecular formula is C18H11FN4O2. The Morgan fingerprint density at radius 1 is 1.04 bits per heavy atom. The summed E-state index contributed by atoms with van der Waals surface area (Å²) in [5.41, 5.74) is 1.99. The number of nitrogens with zero attached hydrogens (tertiary/aromatic N) is 3. The number of aromatic nitrogens is 3. The van der Waals surface area contributed by atoms with Gasteiger partial charge in [-0.15, -0.1) is 0 Å². The molecule has 0 saturated heterocycles. The maximum absolute atomic E-state index is 14.4. The molecule has 2 amide bonds. The van der Waals surface area contributed by atoms with Gasteiger partial charge in [0.15, 0.2) is 0 Å². The first-order valence-electron chi connectivity index (χ1n) is 7.45. The van der Waals surface area contributed by atoms with E-state index in [0.29, 0.717) is 22.3 Å². The lowest BCUT2D eigenvalue weighted by molar-refractivity contribution is -0.114. The van der Waals surface area contributed by atoms with Crippen molar-refractivity contribution in [3.05, 3.63) is 77.6 Å². The molecule has 0 fully saturated rings. The molecular weight excluding hydrogens is 323 g/mol. The summed E-state index contributed by atoms with van der Waals surface area (Å²) in [6.45, 7) is 0. The van der Waals surface area contributed by atoms with Gasteiger partial charge >= 0.3 is 0 Å². The van der Waals surface area contributed by atoms with Gasteiger partial charge < -0.3 is 0 Å². The van der Waals surface area contributed by atoms with Gasteiger partial charge in [-0.1, -0.05) is 24.3 Å². The normalized spacial score (nSPS) is 15.2. The first-order valence-corrected chi connectivity index (χ1v) is 7.45. The molecule has 0 unspecified atom stereocenters. The molecule has 1 aliphatic heterocycles. The molecule has 3 aromatic rings. The number of carbonyl (C=O) groups is 2. The van der Waals surface area contributed by atoms with E-state index in [4.69, 9.17) is 0 Å². The number of benzene rings is 2. The lowest BCUT2D eigenvalue weighted by Gasteiger charge is -2.18. The van der Waals surface area contributed by atoms with E-state index in [1.54, 1.807) is 42.5 Å². The molecule has 7 heteroatoms. The van der Waals surface area contributed by atoms with Crippen molar-refractivity contribution < 1.29 is 14.0 Å². The number of fused-ring (bicyclic) bond motifs is 1. The van der Waals surface area contributed by atoms with Crippen LogP contribution >= 0.6 is 0 Å². The van der Waals surface area contributed by atoms with Crippen LogP contribution in [0, 0.1) is 5.82 Å². The van der Waals surface area contributed by atoms with Crippen LogP contribution < -0.4 is 5.32 Å². The molecule has 0 spiro atoms. The molecule has 25 heavy (non-hydrogen) atoms. The number of carbonyl (C=O) groups excluding carboxylic acids is 2. The Morgan fingerprint density at radius 2 is 1.84 bits per heavy atom. The number of rotatable bonds is 2. The van der Waals surface area contributed by atoms with Crippen LogP contribution in [0.5, 0.6) is 0 Å². The van der Waals surface area contributed by atoms with Crippen LogP contribution in [-0.2, 0) is 4.79 Å². The topological polar surface area (TPSA) is 76.9 Å². The van der Waals surface area contributed by atoms with E-state index in [1.165, 1.54) is 23.4 Å². The van der Waals surface area contributed by atoms with Crippen molar-refractivity contribution in [3.8, 4) is 5.69 Å². The summed E-state index contributed by atoms with van der Waals surface area (Å²) in [6.07, 6.45) is 4.26. The largest absolute Gasteiger partial charge is 0.288 e. The summed E-state index contributed by atoms with van der Waals surface area (Å²) in [5, 5.41) is 6.18. The Hall–Kier alpha value is -3.61. The zero-order valence-corrected chi connectivity index (χ0v) is 12.8. The van der Waals surface area contributed by atoms with Crippen molar-refractivity contribution in [3.63, 3.8) is 0 Å². The molecule has 1 aromatic heterocycles. The van der Waals surface area contributed by atoms with Crippen LogP contribution in [-0.4, -0.2) is 26.6 Å². The number of amides is 2. The quantitative estimate of drug-likeness (QED) is 0.576. The zero-order valence-electron chi connectivity index (χ0n) is 12.8. The van der Waals surface area contributed by atoms with Crippen LogP contribution in [0.15, 0.2) is 55.1 Å². The maximum atomic E-state index is 14.4. The number of halogens is 1. The SMILES string of the molecule is O=C1NC(=O)c2ccccc2C1=Cc1ccc(-n2cncn2)c(F)c1. The molecule has 0 radical (unpaired) electrons. The number of hydrogen-bond donors (Lipinski definition) is 1. The third-order valence-electron chi connectivity index (χ3n) is 3.88. The number of imide groups is 1. The van der Waals surface area contributed by atoms with Gasteiger partial charge in [0, 0.05) is 11.1 Å². The van der Waals surface area contributed by atoms with E-state index in [2.05, 4.69) is 15.4 Å². The van der Waals surface area contributed by atoms with E-state index < -0.39 is 17.6 Å². The molecule has 0 aliphatic carbocycles. The van der Waals surface area contributed by atoms with Crippen molar-refractivity contribution >= 4 is 23.5 Å². The molecule has 1 aliphatic rings. The maximum Gasteiger partial charge on any atom is 0.258 e. The molecule has 0 bridgehead atoms. The molecule has 0 atom stereocenters. The fraction of sp³-hybridized carbons (Fsp3) is 0. The van der Waals surface area contributed by atoms with Gasteiger partial charge in [-0.25, -0.2) is 14.1 Å². The van der Waals surface area contributed by atoms with Gasteiger partial charge in [0.05, 0.1) is 0 Å². The second kappa shape index (κ2) is 5.79. The summed E-state index contributed by atoms with van der Waals surface area (Å²) in [5.74, 6) is -1.45. The lowest BCUT2D eigenvalue weighted by atomic mass is 9.93. The van der Waals surface area contributed by atoms with Crippen LogP contribution in [0.25, 0.3) is 17.3 Å². The van der Waals surface area contributed by atoms with Gasteiger partial charge in [-0.2, -0.15) is 5.10 Å². The second-order valence-electron chi connectivity index (χ2n) is 5.44. The van der Waals surface area contributed by atoms with Crippen molar-refractivity contribution in [1.29, 1.82) is 0 Å². The van der Waals surface area contributed by atoms with E-state index in [0.717, 1.165) is 0 Å². The smallest absolute Gasteiger partial charge is 0.258 e. The van der Waals surface area contributed by atoms with Crippen molar-refractivity contribution in [2.45, 2.75) is 0 Å². The van der Waals surface area contributed by atoms with Crippen molar-refractivity contribution in [2.75, 3.05) is 0 Å². The third kappa shape index (κ3) is 2.61. The summed E-state index contributed by atoms with van der Waals surface area (Å²) in [7, 11) is 0. The average molecular weight is 334 g/mol. The van der Waals surface area contributed by atoms with Crippen LogP contribution in [0.3, 0.4) is 0 Å². The van der Waals surface area contributed by atoms with Gasteiger partial charge in [0.2, 0.25) is 0 Å². The summed E-state index contributed by atoms with van der Waals surface area (Å²) >= 11 is 0. The minimum atomic E-state index is -0.510. The van der Waals surface area contributed by atoms with Gasteiger partial charge in [0.25, 0.3) is 11.8 Å². The monoisotopic (exact) mass is 334 g/mol. The Balaban J connectivity index is 1.78. The van der Waals surface area contributed by atoms with E-state index in [1.807, 2.05) is 0 Å². The van der Waals surface area contributed by atoms with Crippen LogP contribution in [0.1, 0.15) is 21.5 Å². The summed E-state index contributed by atoms with van der Waals surface area (Å²) < 4.78 is 15.7. The van der Waals surface area contributed by atoms with Gasteiger partial charge in [0.1, 0.15) is 24.2 Å². The Kier molecular flexibility index (Phi) is 3.46. The van der Waals surface area contributed by atoms with E-state index in [9.17, 15) is 14.0 Å². The van der Waals surface area contributed by atoms with E-state index >= 15 is 0 Å². The van der Waals surface area contributed by atoms with Crippen molar-refractivity contribution in [2.24, 2.45) is 0 Å². The lowest BCUT2D eigenvalue weighted by Crippen LogP contribution is -2.36. The third-order valence-corrected chi connectivity index (χ3v) is 3.88. The molecule has 4 rings (SSSR count). The molecule has 0 saturated carbocycles. The molecule has 2 aromatic carbocycles. The first kappa shape index (κ1) is 14.9. The second-order valence-corrected chi connectivity index (χ2v) is 5.44. The Bertz CT molecular complexity index is 1030. The first-order chi connectivity index (χ1) is 12.1. The summed E-state index contributed by atoms with van der Waals surface area (Å²) in [6, 6.07) is 11.3. The van der Waals surface area contributed by atoms with Crippen LogP contribution in [0.2, 0.25) is 0 Å². The minimum absolute atomic E-state index is 0.253. The molecule has 2 heterocycles. The Morgan fingerprint density at radius 3 is 2.56 bits per heavy atom. The van der Waals surface area contributed by atoms with Gasteiger partial charge in [-0.3, -0.25) is 14.9 Å². The Labute approximate surface area is 141 Å². The molecule has 1 N–H and O–H groups in total. The average Bonchev–Trinajstić information content (AvgIpc) is 3.13.